The highest BCUT2D eigenvalue weighted by molar-refractivity contribution is 5.70. The first-order valence-electron chi connectivity index (χ1n) is 7.70. The summed E-state index contributed by atoms with van der Waals surface area (Å²) in [5, 5.41) is 4.43. The maximum Gasteiger partial charge on any atom is 0.203 e. The minimum absolute atomic E-state index is 0.560. The Hall–Kier alpha value is -3.15. The Labute approximate surface area is 146 Å². The fourth-order valence-corrected chi connectivity index (χ4v) is 2.68. The summed E-state index contributed by atoms with van der Waals surface area (Å²) in [6.45, 7) is 0. The molecule has 0 saturated heterocycles. The van der Waals surface area contributed by atoms with Crippen molar-refractivity contribution in [2.75, 3.05) is 28.4 Å². The van der Waals surface area contributed by atoms with Crippen LogP contribution in [0, 0.1) is 0 Å². The van der Waals surface area contributed by atoms with Gasteiger partial charge in [0.1, 0.15) is 5.75 Å². The highest BCUT2D eigenvalue weighted by atomic mass is 16.5. The largest absolute Gasteiger partial charge is 0.497 e. The molecule has 6 heteroatoms. The van der Waals surface area contributed by atoms with Crippen molar-refractivity contribution >= 4 is 0 Å². The molecule has 0 fully saturated rings. The molecule has 0 spiro atoms. The molecule has 1 heterocycles. The minimum atomic E-state index is 0.560. The predicted octanol–water partition coefficient (Wildman–Crippen LogP) is 3.57. The zero-order valence-electron chi connectivity index (χ0n) is 14.6. The van der Waals surface area contributed by atoms with E-state index in [1.165, 1.54) is 0 Å². The zero-order chi connectivity index (χ0) is 17.8. The molecule has 6 nitrogen and oxygen atoms in total. The molecule has 0 atom stereocenters. The van der Waals surface area contributed by atoms with E-state index in [0.29, 0.717) is 17.2 Å². The van der Waals surface area contributed by atoms with Gasteiger partial charge in [0.2, 0.25) is 5.75 Å². The van der Waals surface area contributed by atoms with Gasteiger partial charge in [0, 0.05) is 5.56 Å². The summed E-state index contributed by atoms with van der Waals surface area (Å²) in [7, 11) is 6.43. The summed E-state index contributed by atoms with van der Waals surface area (Å²) in [5.41, 5.74) is 2.74. The maximum atomic E-state index is 5.44. The van der Waals surface area contributed by atoms with Gasteiger partial charge in [-0.25, -0.2) is 4.68 Å². The van der Waals surface area contributed by atoms with Gasteiger partial charge < -0.3 is 18.9 Å². The molecule has 0 N–H and O–H groups in total. The molecule has 0 amide bonds. The molecule has 0 aliphatic carbocycles. The molecule has 1 aromatic heterocycles. The highest BCUT2D eigenvalue weighted by Crippen LogP contribution is 2.41. The van der Waals surface area contributed by atoms with Gasteiger partial charge in [0.15, 0.2) is 11.5 Å². The van der Waals surface area contributed by atoms with Gasteiger partial charge in [-0.05, 0) is 42.5 Å². The number of ether oxygens (including phenoxy) is 4. The Morgan fingerprint density at radius 1 is 0.760 bits per heavy atom. The van der Waals surface area contributed by atoms with Gasteiger partial charge in [0.25, 0.3) is 0 Å². The maximum absolute atomic E-state index is 5.44. The van der Waals surface area contributed by atoms with Gasteiger partial charge in [-0.2, -0.15) is 5.10 Å². The van der Waals surface area contributed by atoms with Gasteiger partial charge in [0.05, 0.1) is 46.0 Å². The van der Waals surface area contributed by atoms with E-state index >= 15 is 0 Å². The second-order valence-electron chi connectivity index (χ2n) is 5.24. The van der Waals surface area contributed by atoms with Crippen LogP contribution >= 0.6 is 0 Å². The Morgan fingerprint density at radius 2 is 1.40 bits per heavy atom. The highest BCUT2D eigenvalue weighted by Gasteiger charge is 2.16. The molecule has 3 rings (SSSR count). The van der Waals surface area contributed by atoms with Crippen LogP contribution in [0.3, 0.4) is 0 Å². The van der Waals surface area contributed by atoms with E-state index in [-0.39, 0.29) is 0 Å². The number of hydrogen-bond donors (Lipinski definition) is 0. The first kappa shape index (κ1) is 16.7. The number of rotatable bonds is 6. The van der Waals surface area contributed by atoms with E-state index in [4.69, 9.17) is 18.9 Å². The second-order valence-corrected chi connectivity index (χ2v) is 5.24. The number of methoxy groups -OCH3 is 4. The van der Waals surface area contributed by atoms with Crippen molar-refractivity contribution in [2.45, 2.75) is 0 Å². The van der Waals surface area contributed by atoms with Gasteiger partial charge in [-0.3, -0.25) is 0 Å². The molecule has 25 heavy (non-hydrogen) atoms. The Bertz CT molecular complexity index is 831. The zero-order valence-corrected chi connectivity index (χ0v) is 14.6. The summed E-state index contributed by atoms with van der Waals surface area (Å²) >= 11 is 0. The molecule has 0 radical (unpaired) electrons. The lowest BCUT2D eigenvalue weighted by atomic mass is 10.1. The van der Waals surface area contributed by atoms with Crippen molar-refractivity contribution in [1.82, 2.24) is 9.78 Å². The van der Waals surface area contributed by atoms with Crippen LogP contribution < -0.4 is 18.9 Å². The lowest BCUT2D eigenvalue weighted by Gasteiger charge is -2.15. The third kappa shape index (κ3) is 3.10. The van der Waals surface area contributed by atoms with Gasteiger partial charge >= 0.3 is 0 Å². The average Bonchev–Trinajstić information content (AvgIpc) is 3.16. The lowest BCUT2D eigenvalue weighted by Crippen LogP contribution is -2.00. The first-order chi connectivity index (χ1) is 12.2. The van der Waals surface area contributed by atoms with Crippen LogP contribution in [0.4, 0.5) is 0 Å². The summed E-state index contributed by atoms with van der Waals surface area (Å²) in [6.07, 6.45) is 1.75. The number of hydrogen-bond acceptors (Lipinski definition) is 5. The summed E-state index contributed by atoms with van der Waals surface area (Å²) in [6, 6.07) is 13.4. The topological polar surface area (TPSA) is 54.7 Å². The van der Waals surface area contributed by atoms with E-state index < -0.39 is 0 Å². The molecule has 0 aliphatic rings. The normalized spacial score (nSPS) is 10.4. The fraction of sp³-hybridized carbons (Fsp3) is 0.211. The molecule has 130 valence electrons. The van der Waals surface area contributed by atoms with Crippen LogP contribution in [0.1, 0.15) is 0 Å². The van der Waals surface area contributed by atoms with Crippen molar-refractivity contribution in [2.24, 2.45) is 0 Å². The van der Waals surface area contributed by atoms with E-state index in [1.807, 2.05) is 47.1 Å². The number of nitrogens with zero attached hydrogens (tertiary/aromatic N) is 2. The minimum Gasteiger partial charge on any atom is -0.497 e. The van der Waals surface area contributed by atoms with Gasteiger partial charge in [-0.15, -0.1) is 0 Å². The first-order valence-corrected chi connectivity index (χ1v) is 7.70. The van der Waals surface area contributed by atoms with Crippen molar-refractivity contribution < 1.29 is 18.9 Å². The van der Waals surface area contributed by atoms with Crippen LogP contribution in [-0.4, -0.2) is 38.2 Å². The van der Waals surface area contributed by atoms with E-state index in [1.54, 1.807) is 34.6 Å². The Kier molecular flexibility index (Phi) is 4.79. The monoisotopic (exact) mass is 340 g/mol. The van der Waals surface area contributed by atoms with Crippen LogP contribution in [0.5, 0.6) is 23.0 Å². The van der Waals surface area contributed by atoms with Crippen LogP contribution in [-0.2, 0) is 0 Å². The molecule has 0 bridgehead atoms. The predicted molar refractivity (Wildman–Crippen MR) is 95.2 cm³/mol. The van der Waals surface area contributed by atoms with Crippen molar-refractivity contribution in [3.8, 4) is 39.9 Å². The van der Waals surface area contributed by atoms with Crippen LogP contribution in [0.25, 0.3) is 16.9 Å². The Morgan fingerprint density at radius 3 is 1.92 bits per heavy atom. The van der Waals surface area contributed by atoms with Crippen LogP contribution in [0.2, 0.25) is 0 Å². The molecular formula is C19H20N2O4. The van der Waals surface area contributed by atoms with Crippen molar-refractivity contribution in [1.29, 1.82) is 0 Å². The summed E-state index contributed by atoms with van der Waals surface area (Å²) in [4.78, 5) is 0. The van der Waals surface area contributed by atoms with Crippen molar-refractivity contribution in [3.05, 3.63) is 48.7 Å². The molecular weight excluding hydrogens is 320 g/mol. The van der Waals surface area contributed by atoms with E-state index in [9.17, 15) is 0 Å². The molecule has 0 unspecified atom stereocenters. The second kappa shape index (κ2) is 7.17. The fourth-order valence-electron chi connectivity index (χ4n) is 2.68. The molecule has 3 aromatic rings. The third-order valence-corrected chi connectivity index (χ3v) is 3.92. The molecule has 2 aromatic carbocycles. The molecule has 0 saturated carbocycles. The standard InChI is InChI=1S/C19H20N2O4/c1-22-15-7-5-14(6-8-15)21-16(9-10-20-21)13-11-17(23-2)19(25-4)18(12-13)24-3/h5-12H,1-4H3. The van der Waals surface area contributed by atoms with E-state index in [2.05, 4.69) is 5.10 Å². The summed E-state index contributed by atoms with van der Waals surface area (Å²) < 4.78 is 23.3. The van der Waals surface area contributed by atoms with Crippen molar-refractivity contribution in [3.63, 3.8) is 0 Å². The van der Waals surface area contributed by atoms with E-state index in [0.717, 1.165) is 22.7 Å². The smallest absolute Gasteiger partial charge is 0.203 e. The van der Waals surface area contributed by atoms with Gasteiger partial charge in [-0.1, -0.05) is 0 Å². The number of benzene rings is 2. The summed E-state index contributed by atoms with van der Waals surface area (Å²) in [5.74, 6) is 2.55. The van der Waals surface area contributed by atoms with Crippen LogP contribution in [0.15, 0.2) is 48.7 Å². The molecule has 0 aliphatic heterocycles. The third-order valence-electron chi connectivity index (χ3n) is 3.92. The lowest BCUT2D eigenvalue weighted by molar-refractivity contribution is 0.324. The quantitative estimate of drug-likeness (QED) is 0.686. The Balaban J connectivity index is 2.10. The number of aromatic nitrogens is 2. The SMILES string of the molecule is COc1ccc(-n2nccc2-c2cc(OC)c(OC)c(OC)c2)cc1. The average molecular weight is 340 g/mol.